The lowest BCUT2D eigenvalue weighted by atomic mass is 10.1. The molecule has 3 nitrogen and oxygen atoms in total. The van der Waals surface area contributed by atoms with Gasteiger partial charge in [-0.2, -0.15) is 0 Å². The maximum atomic E-state index is 5.42. The molecule has 0 saturated heterocycles. The predicted octanol–water partition coefficient (Wildman–Crippen LogP) is 1.09. The maximum absolute atomic E-state index is 5.42. The first-order valence-electron chi connectivity index (χ1n) is 4.45. The highest BCUT2D eigenvalue weighted by molar-refractivity contribution is 5.56. The second-order valence-electron chi connectivity index (χ2n) is 3.35. The van der Waals surface area contributed by atoms with Crippen molar-refractivity contribution in [1.82, 2.24) is 0 Å². The number of anilines is 1. The molecule has 0 spiro atoms. The Kier molecular flexibility index (Phi) is 2.20. The van der Waals surface area contributed by atoms with Crippen LogP contribution in [0, 0.1) is 0 Å². The summed E-state index contributed by atoms with van der Waals surface area (Å²) in [5.41, 5.74) is 6.39. The summed E-state index contributed by atoms with van der Waals surface area (Å²) < 4.78 is 5.32. The molecular formula is C10H14N2O. The fraction of sp³-hybridized carbons (Fsp3) is 0.400. The van der Waals surface area contributed by atoms with Crippen molar-refractivity contribution < 1.29 is 4.74 Å². The van der Waals surface area contributed by atoms with Crippen LogP contribution >= 0.6 is 0 Å². The van der Waals surface area contributed by atoms with Crippen LogP contribution in [0.15, 0.2) is 18.2 Å². The van der Waals surface area contributed by atoms with E-state index in [1.165, 1.54) is 11.1 Å². The third-order valence-corrected chi connectivity index (χ3v) is 2.64. The zero-order valence-corrected chi connectivity index (χ0v) is 7.71. The number of benzene rings is 1. The van der Waals surface area contributed by atoms with Gasteiger partial charge in [0, 0.05) is 13.5 Å². The molecule has 0 bridgehead atoms. The molecule has 1 aliphatic rings. The smallest absolute Gasteiger partial charge is 0.0652 e. The van der Waals surface area contributed by atoms with Crippen LogP contribution in [0.25, 0.3) is 0 Å². The Morgan fingerprint density at radius 3 is 3.00 bits per heavy atom. The first-order chi connectivity index (χ1) is 6.35. The quantitative estimate of drug-likeness (QED) is 0.526. The van der Waals surface area contributed by atoms with E-state index in [1.807, 2.05) is 12.1 Å². The monoisotopic (exact) mass is 178 g/mol. The SMILES string of the molecule is COC1Cc2cccc(NN)c2C1. The third kappa shape index (κ3) is 1.41. The van der Waals surface area contributed by atoms with Gasteiger partial charge < -0.3 is 10.2 Å². The number of methoxy groups -OCH3 is 1. The summed E-state index contributed by atoms with van der Waals surface area (Å²) in [6.45, 7) is 0. The summed E-state index contributed by atoms with van der Waals surface area (Å²) in [6.07, 6.45) is 2.29. The second-order valence-corrected chi connectivity index (χ2v) is 3.35. The van der Waals surface area contributed by atoms with E-state index in [9.17, 15) is 0 Å². The molecule has 13 heavy (non-hydrogen) atoms. The summed E-state index contributed by atoms with van der Waals surface area (Å²) in [6, 6.07) is 6.15. The number of hydrogen-bond acceptors (Lipinski definition) is 3. The average molecular weight is 178 g/mol. The van der Waals surface area contributed by atoms with Crippen LogP contribution < -0.4 is 11.3 Å². The number of fused-ring (bicyclic) bond motifs is 1. The van der Waals surface area contributed by atoms with Gasteiger partial charge in [-0.05, 0) is 23.6 Å². The summed E-state index contributed by atoms with van der Waals surface area (Å²) >= 11 is 0. The Morgan fingerprint density at radius 2 is 2.31 bits per heavy atom. The van der Waals surface area contributed by atoms with Crippen molar-refractivity contribution in [3.63, 3.8) is 0 Å². The number of nitrogen functional groups attached to an aromatic ring is 1. The molecule has 0 saturated carbocycles. The van der Waals surface area contributed by atoms with Crippen LogP contribution in [0.5, 0.6) is 0 Å². The zero-order chi connectivity index (χ0) is 9.26. The normalized spacial score (nSPS) is 20.0. The lowest BCUT2D eigenvalue weighted by Gasteiger charge is -2.06. The fourth-order valence-corrected chi connectivity index (χ4v) is 1.91. The number of nitrogens with one attached hydrogen (secondary N) is 1. The van der Waals surface area contributed by atoms with Gasteiger partial charge in [0.05, 0.1) is 11.8 Å². The van der Waals surface area contributed by atoms with Gasteiger partial charge in [0.25, 0.3) is 0 Å². The number of nitrogens with two attached hydrogens (primary N) is 1. The van der Waals surface area contributed by atoms with Gasteiger partial charge >= 0.3 is 0 Å². The molecule has 0 fully saturated rings. The van der Waals surface area contributed by atoms with E-state index in [2.05, 4.69) is 11.5 Å². The van der Waals surface area contributed by atoms with E-state index in [1.54, 1.807) is 7.11 Å². The molecule has 2 rings (SSSR count). The first kappa shape index (κ1) is 8.53. The van der Waals surface area contributed by atoms with Gasteiger partial charge in [-0.1, -0.05) is 12.1 Å². The van der Waals surface area contributed by atoms with Gasteiger partial charge in [0.15, 0.2) is 0 Å². The molecule has 0 aromatic heterocycles. The molecule has 1 unspecified atom stereocenters. The Morgan fingerprint density at radius 1 is 1.46 bits per heavy atom. The number of rotatable bonds is 2. The van der Waals surface area contributed by atoms with E-state index in [-0.39, 0.29) is 0 Å². The molecule has 0 heterocycles. The van der Waals surface area contributed by atoms with Crippen molar-refractivity contribution in [3.8, 4) is 0 Å². The van der Waals surface area contributed by atoms with Gasteiger partial charge in [-0.3, -0.25) is 5.84 Å². The zero-order valence-electron chi connectivity index (χ0n) is 7.71. The molecule has 70 valence electrons. The van der Waals surface area contributed by atoms with Gasteiger partial charge in [-0.25, -0.2) is 0 Å². The predicted molar refractivity (Wildman–Crippen MR) is 52.5 cm³/mol. The van der Waals surface area contributed by atoms with Crippen LogP contribution in [-0.2, 0) is 17.6 Å². The van der Waals surface area contributed by atoms with Crippen LogP contribution in [0.4, 0.5) is 5.69 Å². The van der Waals surface area contributed by atoms with Crippen molar-refractivity contribution in [2.45, 2.75) is 18.9 Å². The van der Waals surface area contributed by atoms with Crippen LogP contribution in [0.3, 0.4) is 0 Å². The molecule has 3 heteroatoms. The lowest BCUT2D eigenvalue weighted by Crippen LogP contribution is -2.11. The highest BCUT2D eigenvalue weighted by atomic mass is 16.5. The molecule has 0 amide bonds. The average Bonchev–Trinajstić information content (AvgIpc) is 2.59. The van der Waals surface area contributed by atoms with E-state index < -0.39 is 0 Å². The van der Waals surface area contributed by atoms with E-state index in [0.717, 1.165) is 18.5 Å². The Hall–Kier alpha value is -1.06. The van der Waals surface area contributed by atoms with Crippen molar-refractivity contribution in [1.29, 1.82) is 0 Å². The second kappa shape index (κ2) is 3.36. The standard InChI is InChI=1S/C10H14N2O/c1-13-8-5-7-3-2-4-10(12-11)9(7)6-8/h2-4,8,12H,5-6,11H2,1H3. The van der Waals surface area contributed by atoms with E-state index in [0.29, 0.717) is 6.10 Å². The molecule has 1 aliphatic carbocycles. The molecule has 1 atom stereocenters. The Balaban J connectivity index is 2.33. The maximum Gasteiger partial charge on any atom is 0.0652 e. The first-order valence-corrected chi connectivity index (χ1v) is 4.45. The largest absolute Gasteiger partial charge is 0.381 e. The number of hydrazine groups is 1. The minimum absolute atomic E-state index is 0.324. The highest BCUT2D eigenvalue weighted by Gasteiger charge is 2.22. The molecule has 1 aromatic carbocycles. The van der Waals surface area contributed by atoms with E-state index >= 15 is 0 Å². The molecule has 0 radical (unpaired) electrons. The van der Waals surface area contributed by atoms with Crippen molar-refractivity contribution >= 4 is 5.69 Å². The number of ether oxygens (including phenoxy) is 1. The molecular weight excluding hydrogens is 164 g/mol. The highest BCUT2D eigenvalue weighted by Crippen LogP contribution is 2.29. The number of hydrogen-bond donors (Lipinski definition) is 2. The minimum atomic E-state index is 0.324. The van der Waals surface area contributed by atoms with Crippen LogP contribution in [0.2, 0.25) is 0 Å². The Labute approximate surface area is 77.9 Å². The van der Waals surface area contributed by atoms with Gasteiger partial charge in [0.2, 0.25) is 0 Å². The summed E-state index contributed by atoms with van der Waals surface area (Å²) in [5.74, 6) is 5.42. The van der Waals surface area contributed by atoms with Crippen LogP contribution in [0.1, 0.15) is 11.1 Å². The third-order valence-electron chi connectivity index (χ3n) is 2.64. The Bertz CT molecular complexity index is 312. The minimum Gasteiger partial charge on any atom is -0.381 e. The van der Waals surface area contributed by atoms with Crippen molar-refractivity contribution in [2.75, 3.05) is 12.5 Å². The topological polar surface area (TPSA) is 47.3 Å². The molecule has 3 N–H and O–H groups in total. The van der Waals surface area contributed by atoms with Crippen molar-refractivity contribution in [2.24, 2.45) is 5.84 Å². The van der Waals surface area contributed by atoms with Crippen molar-refractivity contribution in [3.05, 3.63) is 29.3 Å². The molecule has 1 aromatic rings. The lowest BCUT2D eigenvalue weighted by molar-refractivity contribution is 0.112. The van der Waals surface area contributed by atoms with Crippen LogP contribution in [-0.4, -0.2) is 13.2 Å². The summed E-state index contributed by atoms with van der Waals surface area (Å²) in [7, 11) is 1.76. The fourth-order valence-electron chi connectivity index (χ4n) is 1.91. The van der Waals surface area contributed by atoms with Gasteiger partial charge in [-0.15, -0.1) is 0 Å². The molecule has 0 aliphatic heterocycles. The summed E-state index contributed by atoms with van der Waals surface area (Å²) in [4.78, 5) is 0. The van der Waals surface area contributed by atoms with Gasteiger partial charge in [0.1, 0.15) is 0 Å². The summed E-state index contributed by atoms with van der Waals surface area (Å²) in [5, 5.41) is 0. The van der Waals surface area contributed by atoms with E-state index in [4.69, 9.17) is 10.6 Å².